The molecule has 3 nitrogen and oxygen atoms in total. The van der Waals surface area contributed by atoms with Gasteiger partial charge in [0, 0.05) is 24.1 Å². The van der Waals surface area contributed by atoms with Gasteiger partial charge in [0.05, 0.1) is 7.11 Å². The predicted molar refractivity (Wildman–Crippen MR) is 84.7 cm³/mol. The van der Waals surface area contributed by atoms with Crippen LogP contribution in [0.25, 0.3) is 0 Å². The fraction of sp³-hybridized carbons (Fsp3) is 0.667. The molecule has 0 amide bonds. The highest BCUT2D eigenvalue weighted by Crippen LogP contribution is 2.48. The number of ether oxygens (including phenoxy) is 2. The van der Waals surface area contributed by atoms with E-state index in [0.29, 0.717) is 5.92 Å². The Kier molecular flexibility index (Phi) is 3.87. The lowest BCUT2D eigenvalue weighted by molar-refractivity contribution is -0.0250. The number of methoxy groups -OCH3 is 1. The second kappa shape index (κ2) is 5.53. The summed E-state index contributed by atoms with van der Waals surface area (Å²) < 4.78 is 11.8. The van der Waals surface area contributed by atoms with E-state index in [0.717, 1.165) is 42.2 Å². The molecule has 1 aromatic carbocycles. The summed E-state index contributed by atoms with van der Waals surface area (Å²) in [6.07, 6.45) is 5.77. The number of benzene rings is 1. The van der Waals surface area contributed by atoms with Crippen molar-refractivity contribution in [1.29, 1.82) is 0 Å². The molecule has 0 saturated heterocycles. The number of fused-ring (bicyclic) bond motifs is 1. The van der Waals surface area contributed by atoms with Gasteiger partial charge in [-0.2, -0.15) is 0 Å². The van der Waals surface area contributed by atoms with Gasteiger partial charge in [0.2, 0.25) is 0 Å². The van der Waals surface area contributed by atoms with E-state index < -0.39 is 0 Å². The Morgan fingerprint density at radius 2 is 2.14 bits per heavy atom. The maximum absolute atomic E-state index is 6.49. The SMILES string of the molecule is COc1ccc2c(c1)OC1(CCCC(C(C)C)C1)C[C@@H]2N. The molecule has 3 heteroatoms. The lowest BCUT2D eigenvalue weighted by Gasteiger charge is -2.47. The van der Waals surface area contributed by atoms with Gasteiger partial charge in [-0.1, -0.05) is 19.9 Å². The monoisotopic (exact) mass is 289 g/mol. The van der Waals surface area contributed by atoms with Crippen LogP contribution in [0.5, 0.6) is 11.5 Å². The summed E-state index contributed by atoms with van der Waals surface area (Å²) in [6, 6.07) is 6.09. The molecular weight excluding hydrogens is 262 g/mol. The topological polar surface area (TPSA) is 44.5 Å². The van der Waals surface area contributed by atoms with Crippen LogP contribution in [0.3, 0.4) is 0 Å². The normalized spacial score (nSPS) is 31.9. The van der Waals surface area contributed by atoms with E-state index in [1.807, 2.05) is 12.1 Å². The molecular formula is C18H27NO2. The minimum Gasteiger partial charge on any atom is -0.497 e. The Morgan fingerprint density at radius 1 is 1.33 bits per heavy atom. The fourth-order valence-corrected chi connectivity index (χ4v) is 4.04. The standard InChI is InChI=1S/C18H27NO2/c1-12(2)13-5-4-8-18(10-13)11-16(19)15-7-6-14(20-3)9-17(15)21-18/h6-7,9,12-13,16H,4-5,8,10-11,19H2,1-3H3/t13?,16-,18?/m0/s1. The minimum atomic E-state index is -0.0635. The van der Waals surface area contributed by atoms with E-state index >= 15 is 0 Å². The third kappa shape index (κ3) is 2.76. The summed E-state index contributed by atoms with van der Waals surface area (Å²) in [5, 5.41) is 0. The van der Waals surface area contributed by atoms with Crippen molar-refractivity contribution in [3.05, 3.63) is 23.8 Å². The largest absolute Gasteiger partial charge is 0.497 e. The molecule has 3 rings (SSSR count). The third-order valence-corrected chi connectivity index (χ3v) is 5.32. The van der Waals surface area contributed by atoms with E-state index in [-0.39, 0.29) is 11.6 Å². The highest BCUT2D eigenvalue weighted by Gasteiger charge is 2.44. The quantitative estimate of drug-likeness (QED) is 0.893. The summed E-state index contributed by atoms with van der Waals surface area (Å²) in [6.45, 7) is 4.65. The lowest BCUT2D eigenvalue weighted by atomic mass is 9.70. The van der Waals surface area contributed by atoms with Crippen LogP contribution in [0, 0.1) is 11.8 Å². The lowest BCUT2D eigenvalue weighted by Crippen LogP contribution is -2.47. The third-order valence-electron chi connectivity index (χ3n) is 5.32. The first-order valence-corrected chi connectivity index (χ1v) is 8.15. The first-order chi connectivity index (χ1) is 10.0. The van der Waals surface area contributed by atoms with Crippen LogP contribution < -0.4 is 15.2 Å². The molecule has 1 heterocycles. The molecule has 1 aliphatic carbocycles. The maximum atomic E-state index is 6.49. The molecule has 0 bridgehead atoms. The van der Waals surface area contributed by atoms with Crippen LogP contribution in [0.4, 0.5) is 0 Å². The highest BCUT2D eigenvalue weighted by molar-refractivity contribution is 5.44. The second-order valence-electron chi connectivity index (χ2n) is 7.10. The molecule has 0 aromatic heterocycles. The zero-order valence-corrected chi connectivity index (χ0v) is 13.4. The second-order valence-corrected chi connectivity index (χ2v) is 7.10. The van der Waals surface area contributed by atoms with Gasteiger partial charge in [0.15, 0.2) is 0 Å². The van der Waals surface area contributed by atoms with Crippen molar-refractivity contribution in [2.45, 2.75) is 57.6 Å². The van der Waals surface area contributed by atoms with E-state index in [1.165, 1.54) is 12.8 Å². The van der Waals surface area contributed by atoms with Crippen LogP contribution in [0.2, 0.25) is 0 Å². The van der Waals surface area contributed by atoms with Crippen LogP contribution in [0.15, 0.2) is 18.2 Å². The van der Waals surface area contributed by atoms with E-state index in [1.54, 1.807) is 7.11 Å². The Hall–Kier alpha value is -1.22. The van der Waals surface area contributed by atoms with Crippen LogP contribution in [0.1, 0.15) is 57.6 Å². The maximum Gasteiger partial charge on any atom is 0.128 e. The van der Waals surface area contributed by atoms with Crippen molar-refractivity contribution < 1.29 is 9.47 Å². The first kappa shape index (κ1) is 14.7. The van der Waals surface area contributed by atoms with Crippen LogP contribution >= 0.6 is 0 Å². The zero-order valence-electron chi connectivity index (χ0n) is 13.4. The van der Waals surface area contributed by atoms with Gasteiger partial charge < -0.3 is 15.2 Å². The average Bonchev–Trinajstić information content (AvgIpc) is 2.46. The molecule has 2 aliphatic rings. The minimum absolute atomic E-state index is 0.0635. The van der Waals surface area contributed by atoms with Gasteiger partial charge >= 0.3 is 0 Å². The van der Waals surface area contributed by atoms with Gasteiger partial charge in [-0.3, -0.25) is 0 Å². The number of hydrogen-bond donors (Lipinski definition) is 1. The Morgan fingerprint density at radius 3 is 2.86 bits per heavy atom. The van der Waals surface area contributed by atoms with Crippen molar-refractivity contribution in [3.8, 4) is 11.5 Å². The number of hydrogen-bond acceptors (Lipinski definition) is 3. The highest BCUT2D eigenvalue weighted by atomic mass is 16.5. The molecule has 1 saturated carbocycles. The molecule has 3 atom stereocenters. The molecule has 1 aliphatic heterocycles. The van der Waals surface area contributed by atoms with Crippen LogP contribution in [-0.2, 0) is 0 Å². The summed E-state index contributed by atoms with van der Waals surface area (Å²) in [7, 11) is 1.69. The molecule has 1 spiro atoms. The molecule has 21 heavy (non-hydrogen) atoms. The molecule has 1 fully saturated rings. The van der Waals surface area contributed by atoms with E-state index in [2.05, 4.69) is 19.9 Å². The van der Waals surface area contributed by atoms with E-state index in [4.69, 9.17) is 15.2 Å². The molecule has 1 aromatic rings. The van der Waals surface area contributed by atoms with Gasteiger partial charge in [-0.25, -0.2) is 0 Å². The predicted octanol–water partition coefficient (Wildman–Crippen LogP) is 4.06. The smallest absolute Gasteiger partial charge is 0.128 e. The van der Waals surface area contributed by atoms with Crippen molar-refractivity contribution in [2.24, 2.45) is 17.6 Å². The summed E-state index contributed by atoms with van der Waals surface area (Å²) in [5.74, 6) is 3.23. The average molecular weight is 289 g/mol. The van der Waals surface area contributed by atoms with Gasteiger partial charge in [-0.05, 0) is 43.6 Å². The van der Waals surface area contributed by atoms with E-state index in [9.17, 15) is 0 Å². The summed E-state index contributed by atoms with van der Waals surface area (Å²) in [4.78, 5) is 0. The Bertz CT molecular complexity index is 514. The Balaban J connectivity index is 1.89. The number of rotatable bonds is 2. The van der Waals surface area contributed by atoms with Crippen molar-refractivity contribution in [3.63, 3.8) is 0 Å². The summed E-state index contributed by atoms with van der Waals surface area (Å²) in [5.41, 5.74) is 7.50. The van der Waals surface area contributed by atoms with Crippen molar-refractivity contribution >= 4 is 0 Å². The first-order valence-electron chi connectivity index (χ1n) is 8.15. The molecule has 116 valence electrons. The van der Waals surface area contributed by atoms with Gasteiger partial charge in [-0.15, -0.1) is 0 Å². The molecule has 0 radical (unpaired) electrons. The van der Waals surface area contributed by atoms with Crippen LogP contribution in [-0.4, -0.2) is 12.7 Å². The fourth-order valence-electron chi connectivity index (χ4n) is 4.04. The van der Waals surface area contributed by atoms with Crippen molar-refractivity contribution in [2.75, 3.05) is 7.11 Å². The zero-order chi connectivity index (χ0) is 15.0. The molecule has 2 unspecified atom stereocenters. The van der Waals surface area contributed by atoms with Crippen molar-refractivity contribution in [1.82, 2.24) is 0 Å². The number of nitrogens with two attached hydrogens (primary N) is 1. The van der Waals surface area contributed by atoms with Gasteiger partial charge in [0.1, 0.15) is 17.1 Å². The van der Waals surface area contributed by atoms with Gasteiger partial charge in [0.25, 0.3) is 0 Å². The Labute approximate surface area is 127 Å². The summed E-state index contributed by atoms with van der Waals surface area (Å²) >= 11 is 0. The molecule has 2 N–H and O–H groups in total.